The lowest BCUT2D eigenvalue weighted by Crippen LogP contribution is -2.20. The van der Waals surface area contributed by atoms with Crippen molar-refractivity contribution in [3.8, 4) is 5.82 Å². The third-order valence-corrected chi connectivity index (χ3v) is 3.23. The Balaban J connectivity index is 2.31. The van der Waals surface area contributed by atoms with E-state index in [2.05, 4.69) is 29.4 Å². The van der Waals surface area contributed by atoms with Crippen molar-refractivity contribution in [3.05, 3.63) is 29.2 Å². The molecule has 0 bridgehead atoms. The van der Waals surface area contributed by atoms with Gasteiger partial charge in [-0.15, -0.1) is 0 Å². The number of carbonyl (C=O) groups excluding carboxylic acids is 1. The second-order valence-corrected chi connectivity index (χ2v) is 5.55. The molecule has 0 aliphatic heterocycles. The number of nitrogens with zero attached hydrogens (tertiary/aromatic N) is 4. The van der Waals surface area contributed by atoms with Crippen LogP contribution >= 0.6 is 0 Å². The predicted octanol–water partition coefficient (Wildman–Crippen LogP) is 0.759. The van der Waals surface area contributed by atoms with Crippen LogP contribution in [0.5, 0.6) is 0 Å². The summed E-state index contributed by atoms with van der Waals surface area (Å²) in [6.07, 6.45) is 1.72. The predicted molar refractivity (Wildman–Crippen MR) is 80.1 cm³/mol. The van der Waals surface area contributed by atoms with Gasteiger partial charge in [0.15, 0.2) is 5.82 Å². The highest BCUT2D eigenvalue weighted by atomic mass is 16.1. The zero-order valence-corrected chi connectivity index (χ0v) is 12.9. The van der Waals surface area contributed by atoms with Crippen molar-refractivity contribution in [1.29, 1.82) is 0 Å². The van der Waals surface area contributed by atoms with Gasteiger partial charge in [0.05, 0.1) is 5.69 Å². The summed E-state index contributed by atoms with van der Waals surface area (Å²) in [5, 5.41) is 12.1. The fourth-order valence-corrected chi connectivity index (χ4v) is 2.24. The largest absolute Gasteiger partial charge is 0.364 e. The minimum Gasteiger partial charge on any atom is -0.364 e. The Hall–Kier alpha value is -2.15. The van der Waals surface area contributed by atoms with Crippen molar-refractivity contribution in [2.75, 3.05) is 6.54 Å². The standard InChI is InChI=1S/C14H22N6O/c1-9(2)7-16-8-11-10(3)17-19(4)14(11)20-6-5-12(18-20)13(15)21/h5-6,9,16H,7-8H2,1-4H3,(H2,15,21). The molecule has 0 fully saturated rings. The molecule has 2 rings (SSSR count). The summed E-state index contributed by atoms with van der Waals surface area (Å²) in [4.78, 5) is 11.2. The third-order valence-electron chi connectivity index (χ3n) is 3.23. The number of primary amides is 1. The van der Waals surface area contributed by atoms with Crippen molar-refractivity contribution in [1.82, 2.24) is 24.9 Å². The van der Waals surface area contributed by atoms with Crippen LogP contribution in [0.4, 0.5) is 0 Å². The molecular formula is C14H22N6O. The van der Waals surface area contributed by atoms with Crippen molar-refractivity contribution in [2.45, 2.75) is 27.3 Å². The van der Waals surface area contributed by atoms with E-state index in [4.69, 9.17) is 5.73 Å². The molecule has 2 heterocycles. The molecule has 2 aromatic rings. The van der Waals surface area contributed by atoms with Gasteiger partial charge in [-0.2, -0.15) is 10.2 Å². The highest BCUT2D eigenvalue weighted by Crippen LogP contribution is 2.17. The smallest absolute Gasteiger partial charge is 0.269 e. The van der Waals surface area contributed by atoms with E-state index in [-0.39, 0.29) is 5.69 Å². The lowest BCUT2D eigenvalue weighted by molar-refractivity contribution is 0.0995. The zero-order chi connectivity index (χ0) is 15.6. The van der Waals surface area contributed by atoms with Crippen molar-refractivity contribution < 1.29 is 4.79 Å². The Morgan fingerprint density at radius 2 is 2.14 bits per heavy atom. The van der Waals surface area contributed by atoms with Crippen LogP contribution in [0.15, 0.2) is 12.3 Å². The maximum Gasteiger partial charge on any atom is 0.269 e. The number of hydrogen-bond acceptors (Lipinski definition) is 4. The summed E-state index contributed by atoms with van der Waals surface area (Å²) in [7, 11) is 1.86. The van der Waals surface area contributed by atoms with Gasteiger partial charge in [0, 0.05) is 25.4 Å². The molecule has 0 atom stereocenters. The summed E-state index contributed by atoms with van der Waals surface area (Å²) in [5.74, 6) is 0.889. The second-order valence-electron chi connectivity index (χ2n) is 5.55. The normalized spacial score (nSPS) is 11.3. The molecule has 21 heavy (non-hydrogen) atoms. The van der Waals surface area contributed by atoms with Gasteiger partial charge >= 0.3 is 0 Å². The molecule has 0 unspecified atom stereocenters. The van der Waals surface area contributed by atoms with Crippen LogP contribution < -0.4 is 11.1 Å². The minimum atomic E-state index is -0.535. The summed E-state index contributed by atoms with van der Waals surface area (Å²) in [6, 6.07) is 1.61. The number of rotatable bonds is 6. The number of amides is 1. The molecule has 0 aliphatic carbocycles. The second kappa shape index (κ2) is 6.09. The number of aromatic nitrogens is 4. The van der Waals surface area contributed by atoms with Crippen molar-refractivity contribution >= 4 is 5.91 Å². The Bertz CT molecular complexity index is 640. The van der Waals surface area contributed by atoms with Gasteiger partial charge in [0.2, 0.25) is 0 Å². The maximum absolute atomic E-state index is 11.2. The zero-order valence-electron chi connectivity index (χ0n) is 12.9. The van der Waals surface area contributed by atoms with Gasteiger partial charge < -0.3 is 11.1 Å². The molecule has 0 saturated heterocycles. The number of nitrogens with one attached hydrogen (secondary N) is 1. The average molecular weight is 290 g/mol. The summed E-state index contributed by atoms with van der Waals surface area (Å²) in [6.45, 7) is 7.93. The molecule has 3 N–H and O–H groups in total. The summed E-state index contributed by atoms with van der Waals surface area (Å²) < 4.78 is 3.41. The van der Waals surface area contributed by atoms with E-state index in [1.54, 1.807) is 21.6 Å². The van der Waals surface area contributed by atoms with Crippen LogP contribution in [0.25, 0.3) is 5.82 Å². The van der Waals surface area contributed by atoms with Crippen LogP contribution in [0.3, 0.4) is 0 Å². The minimum absolute atomic E-state index is 0.245. The van der Waals surface area contributed by atoms with Gasteiger partial charge in [-0.05, 0) is 25.5 Å². The van der Waals surface area contributed by atoms with Gasteiger partial charge in [-0.1, -0.05) is 13.8 Å². The number of hydrogen-bond donors (Lipinski definition) is 2. The van der Waals surface area contributed by atoms with E-state index in [9.17, 15) is 4.79 Å². The molecule has 7 heteroatoms. The number of aryl methyl sites for hydroxylation is 2. The van der Waals surface area contributed by atoms with Gasteiger partial charge in [-0.25, -0.2) is 4.68 Å². The van der Waals surface area contributed by atoms with Gasteiger partial charge in [0.25, 0.3) is 5.91 Å². The first-order chi connectivity index (χ1) is 9.90. The third kappa shape index (κ3) is 3.30. The first-order valence-corrected chi connectivity index (χ1v) is 6.99. The molecule has 0 aromatic carbocycles. The SMILES string of the molecule is Cc1nn(C)c(-n2ccc(C(N)=O)n2)c1CNCC(C)C. The van der Waals surface area contributed by atoms with Crippen LogP contribution in [0, 0.1) is 12.8 Å². The van der Waals surface area contributed by atoms with Gasteiger partial charge in [-0.3, -0.25) is 9.48 Å². The van der Waals surface area contributed by atoms with E-state index in [0.29, 0.717) is 12.5 Å². The maximum atomic E-state index is 11.2. The van der Waals surface area contributed by atoms with Crippen molar-refractivity contribution in [2.24, 2.45) is 18.7 Å². The summed E-state index contributed by atoms with van der Waals surface area (Å²) >= 11 is 0. The van der Waals surface area contributed by atoms with Crippen LogP contribution in [0.2, 0.25) is 0 Å². The molecule has 1 amide bonds. The molecular weight excluding hydrogens is 268 g/mol. The van der Waals surface area contributed by atoms with Crippen LogP contribution in [-0.4, -0.2) is 32.0 Å². The lowest BCUT2D eigenvalue weighted by atomic mass is 10.2. The molecule has 7 nitrogen and oxygen atoms in total. The molecule has 2 aromatic heterocycles. The van der Waals surface area contributed by atoms with E-state index in [1.807, 2.05) is 14.0 Å². The van der Waals surface area contributed by atoms with E-state index < -0.39 is 5.91 Å². The Morgan fingerprint density at radius 1 is 1.43 bits per heavy atom. The first kappa shape index (κ1) is 15.2. The van der Waals surface area contributed by atoms with Crippen molar-refractivity contribution in [3.63, 3.8) is 0 Å². The van der Waals surface area contributed by atoms with Gasteiger partial charge in [0.1, 0.15) is 5.69 Å². The summed E-state index contributed by atoms with van der Waals surface area (Å²) in [5.41, 5.74) is 7.51. The fourth-order valence-electron chi connectivity index (χ4n) is 2.24. The number of carbonyl (C=O) groups is 1. The Morgan fingerprint density at radius 3 is 2.71 bits per heavy atom. The average Bonchev–Trinajstić information content (AvgIpc) is 2.95. The number of nitrogens with two attached hydrogens (primary N) is 1. The first-order valence-electron chi connectivity index (χ1n) is 6.99. The fraction of sp³-hybridized carbons (Fsp3) is 0.500. The molecule has 0 spiro atoms. The Labute approximate surface area is 124 Å². The monoisotopic (exact) mass is 290 g/mol. The molecule has 0 aliphatic rings. The topological polar surface area (TPSA) is 90.8 Å². The van der Waals surface area contributed by atoms with E-state index >= 15 is 0 Å². The van der Waals surface area contributed by atoms with Crippen LogP contribution in [-0.2, 0) is 13.6 Å². The van der Waals surface area contributed by atoms with Crippen LogP contribution in [0.1, 0.15) is 35.6 Å². The van der Waals surface area contributed by atoms with E-state index in [1.165, 1.54) is 0 Å². The molecule has 0 radical (unpaired) electrons. The highest BCUT2D eigenvalue weighted by Gasteiger charge is 2.16. The highest BCUT2D eigenvalue weighted by molar-refractivity contribution is 5.90. The quantitative estimate of drug-likeness (QED) is 0.821. The molecule has 0 saturated carbocycles. The molecule has 114 valence electrons. The van der Waals surface area contributed by atoms with E-state index in [0.717, 1.165) is 23.6 Å². The lowest BCUT2D eigenvalue weighted by Gasteiger charge is -2.09. The Kier molecular flexibility index (Phi) is 4.42.